The van der Waals surface area contributed by atoms with Crippen LogP contribution in [0.2, 0.25) is 0 Å². The third-order valence-electron chi connectivity index (χ3n) is 2.26. The zero-order valence-electron chi connectivity index (χ0n) is 9.51. The smallest absolute Gasteiger partial charge is 0.274 e. The van der Waals surface area contributed by atoms with Gasteiger partial charge in [-0.25, -0.2) is 5.10 Å². The minimum Gasteiger partial charge on any atom is -0.335 e. The summed E-state index contributed by atoms with van der Waals surface area (Å²) in [6, 6.07) is 4.67. The summed E-state index contributed by atoms with van der Waals surface area (Å²) in [5.74, 6) is -0.226. The van der Waals surface area contributed by atoms with Gasteiger partial charge in [0.1, 0.15) is 5.69 Å². The maximum atomic E-state index is 12.0. The number of carbonyl (C=O) groups is 1. The van der Waals surface area contributed by atoms with Crippen LogP contribution in [0, 0.1) is 0 Å². The van der Waals surface area contributed by atoms with Crippen LogP contribution in [-0.2, 0) is 6.54 Å². The molecule has 0 unspecified atom stereocenters. The Labute approximate surface area is 116 Å². The molecule has 18 heavy (non-hydrogen) atoms. The van der Waals surface area contributed by atoms with E-state index in [0.717, 1.165) is 9.35 Å². The van der Waals surface area contributed by atoms with Crippen LogP contribution >= 0.6 is 27.3 Å². The van der Waals surface area contributed by atoms with Gasteiger partial charge in [-0.05, 0) is 28.1 Å². The fourth-order valence-electron chi connectivity index (χ4n) is 1.40. The van der Waals surface area contributed by atoms with Crippen LogP contribution in [0.4, 0.5) is 0 Å². The van der Waals surface area contributed by atoms with Crippen LogP contribution in [0.1, 0.15) is 15.4 Å². The van der Waals surface area contributed by atoms with Gasteiger partial charge in [-0.3, -0.25) is 9.59 Å². The maximum absolute atomic E-state index is 12.0. The lowest BCUT2D eigenvalue weighted by atomic mass is 10.3. The summed E-state index contributed by atoms with van der Waals surface area (Å²) >= 11 is 4.94. The van der Waals surface area contributed by atoms with Gasteiger partial charge < -0.3 is 4.90 Å². The molecule has 0 spiro atoms. The first kappa shape index (κ1) is 13.0. The second-order valence-electron chi connectivity index (χ2n) is 3.70. The molecule has 0 aliphatic heterocycles. The highest BCUT2D eigenvalue weighted by molar-refractivity contribution is 9.10. The quantitative estimate of drug-likeness (QED) is 0.935. The van der Waals surface area contributed by atoms with Crippen molar-refractivity contribution in [3.8, 4) is 0 Å². The predicted octanol–water partition coefficient (Wildman–Crippen LogP) is 1.87. The number of aromatic nitrogens is 2. The van der Waals surface area contributed by atoms with Gasteiger partial charge in [0.05, 0.1) is 6.54 Å². The van der Waals surface area contributed by atoms with Crippen molar-refractivity contribution in [3.05, 3.63) is 49.0 Å². The fraction of sp³-hybridized carbons (Fsp3) is 0.182. The summed E-state index contributed by atoms with van der Waals surface area (Å²) in [5, 5.41) is 7.92. The molecular weight excluding hydrogens is 318 g/mol. The number of rotatable bonds is 3. The molecule has 2 rings (SSSR count). The van der Waals surface area contributed by atoms with Crippen LogP contribution in [0.25, 0.3) is 0 Å². The van der Waals surface area contributed by atoms with Gasteiger partial charge in [-0.1, -0.05) is 0 Å². The number of aromatic amines is 1. The van der Waals surface area contributed by atoms with E-state index in [4.69, 9.17) is 0 Å². The third-order valence-corrected chi connectivity index (χ3v) is 3.94. The largest absolute Gasteiger partial charge is 0.335 e. The Kier molecular flexibility index (Phi) is 3.93. The Morgan fingerprint density at radius 2 is 2.33 bits per heavy atom. The van der Waals surface area contributed by atoms with Gasteiger partial charge in [0, 0.05) is 27.8 Å². The molecule has 5 nitrogen and oxygen atoms in total. The molecule has 0 aliphatic carbocycles. The summed E-state index contributed by atoms with van der Waals surface area (Å²) < 4.78 is 1.01. The SMILES string of the molecule is CN(Cc1cc(Br)cs1)C(=O)c1ccc(=O)[nH]n1. The fourth-order valence-corrected chi connectivity index (χ4v) is 2.90. The van der Waals surface area contributed by atoms with Crippen LogP contribution in [0.5, 0.6) is 0 Å². The van der Waals surface area contributed by atoms with Crippen LogP contribution in [-0.4, -0.2) is 28.1 Å². The van der Waals surface area contributed by atoms with Crippen molar-refractivity contribution >= 4 is 33.2 Å². The average molecular weight is 328 g/mol. The van der Waals surface area contributed by atoms with Gasteiger partial charge in [0.2, 0.25) is 0 Å². The molecule has 2 aromatic heterocycles. The Bertz CT molecular complexity index is 602. The van der Waals surface area contributed by atoms with E-state index >= 15 is 0 Å². The van der Waals surface area contributed by atoms with E-state index in [1.54, 1.807) is 23.3 Å². The second-order valence-corrected chi connectivity index (χ2v) is 5.61. The first-order valence-electron chi connectivity index (χ1n) is 5.10. The van der Waals surface area contributed by atoms with Crippen molar-refractivity contribution < 1.29 is 4.79 Å². The van der Waals surface area contributed by atoms with Gasteiger partial charge in [0.25, 0.3) is 11.5 Å². The number of H-pyrrole nitrogens is 1. The number of halogens is 1. The monoisotopic (exact) mass is 327 g/mol. The molecule has 7 heteroatoms. The molecule has 0 fully saturated rings. The lowest BCUT2D eigenvalue weighted by Gasteiger charge is -2.15. The Morgan fingerprint density at radius 3 is 2.89 bits per heavy atom. The number of hydrogen-bond acceptors (Lipinski definition) is 4. The highest BCUT2D eigenvalue weighted by atomic mass is 79.9. The number of carbonyl (C=O) groups excluding carboxylic acids is 1. The number of thiophene rings is 1. The lowest BCUT2D eigenvalue weighted by molar-refractivity contribution is 0.0779. The summed E-state index contributed by atoms with van der Waals surface area (Å²) in [7, 11) is 1.70. The minimum absolute atomic E-state index is 0.226. The Morgan fingerprint density at radius 1 is 1.56 bits per heavy atom. The molecule has 0 aliphatic rings. The van der Waals surface area contributed by atoms with E-state index in [-0.39, 0.29) is 17.2 Å². The minimum atomic E-state index is -0.323. The van der Waals surface area contributed by atoms with E-state index in [9.17, 15) is 9.59 Å². The third kappa shape index (κ3) is 3.05. The van der Waals surface area contributed by atoms with E-state index in [1.165, 1.54) is 12.1 Å². The van der Waals surface area contributed by atoms with Crippen LogP contribution in [0.3, 0.4) is 0 Å². The summed E-state index contributed by atoms with van der Waals surface area (Å²) in [6.45, 7) is 0.510. The molecule has 0 atom stereocenters. The standard InChI is InChI=1S/C11H10BrN3O2S/c1-15(5-8-4-7(12)6-18-8)11(17)9-2-3-10(16)14-13-9/h2-4,6H,5H2,1H3,(H,14,16). The number of amides is 1. The molecule has 0 radical (unpaired) electrons. The maximum Gasteiger partial charge on any atom is 0.274 e. The van der Waals surface area contributed by atoms with Crippen molar-refractivity contribution in [2.45, 2.75) is 6.54 Å². The first-order chi connectivity index (χ1) is 8.56. The summed E-state index contributed by atoms with van der Waals surface area (Å²) in [6.07, 6.45) is 0. The molecule has 2 heterocycles. The number of nitrogens with zero attached hydrogens (tertiary/aromatic N) is 2. The van der Waals surface area contributed by atoms with E-state index < -0.39 is 0 Å². The first-order valence-corrected chi connectivity index (χ1v) is 6.77. The highest BCUT2D eigenvalue weighted by Crippen LogP contribution is 2.21. The summed E-state index contributed by atoms with van der Waals surface area (Å²) in [4.78, 5) is 25.5. The predicted molar refractivity (Wildman–Crippen MR) is 72.7 cm³/mol. The van der Waals surface area contributed by atoms with Gasteiger partial charge in [0.15, 0.2) is 0 Å². The molecule has 1 amide bonds. The van der Waals surface area contributed by atoms with Crippen molar-refractivity contribution in [2.75, 3.05) is 7.05 Å². The normalized spacial score (nSPS) is 10.3. The molecule has 0 bridgehead atoms. The molecule has 94 valence electrons. The second kappa shape index (κ2) is 5.45. The van der Waals surface area contributed by atoms with Crippen molar-refractivity contribution in [1.29, 1.82) is 0 Å². The Hall–Kier alpha value is -1.47. The van der Waals surface area contributed by atoms with Crippen LogP contribution < -0.4 is 5.56 Å². The molecule has 2 aromatic rings. The zero-order valence-corrected chi connectivity index (χ0v) is 11.9. The van der Waals surface area contributed by atoms with E-state index in [2.05, 4.69) is 26.1 Å². The molecule has 1 N–H and O–H groups in total. The van der Waals surface area contributed by atoms with Crippen molar-refractivity contribution in [3.63, 3.8) is 0 Å². The zero-order chi connectivity index (χ0) is 13.1. The van der Waals surface area contributed by atoms with Gasteiger partial charge in [-0.2, -0.15) is 5.10 Å². The lowest BCUT2D eigenvalue weighted by Crippen LogP contribution is -2.27. The van der Waals surface area contributed by atoms with Crippen LogP contribution in [0.15, 0.2) is 32.8 Å². The van der Waals surface area contributed by atoms with Gasteiger partial charge in [-0.15, -0.1) is 11.3 Å². The Balaban J connectivity index is 2.09. The van der Waals surface area contributed by atoms with Crippen molar-refractivity contribution in [2.24, 2.45) is 0 Å². The van der Waals surface area contributed by atoms with Crippen molar-refractivity contribution in [1.82, 2.24) is 15.1 Å². The number of nitrogens with one attached hydrogen (secondary N) is 1. The molecule has 0 saturated heterocycles. The summed E-state index contributed by atoms with van der Waals surface area (Å²) in [5.41, 5.74) is -0.0934. The van der Waals surface area contributed by atoms with Gasteiger partial charge >= 0.3 is 0 Å². The highest BCUT2D eigenvalue weighted by Gasteiger charge is 2.14. The number of hydrogen-bond donors (Lipinski definition) is 1. The molecule has 0 aromatic carbocycles. The molecular formula is C11H10BrN3O2S. The molecule has 0 saturated carbocycles. The van der Waals surface area contributed by atoms with E-state index in [0.29, 0.717) is 6.54 Å². The topological polar surface area (TPSA) is 66.1 Å². The van der Waals surface area contributed by atoms with E-state index in [1.807, 2.05) is 11.4 Å². The average Bonchev–Trinajstić information content (AvgIpc) is 2.75.